The first-order chi connectivity index (χ1) is 23.9. The van der Waals surface area contributed by atoms with Gasteiger partial charge in [0.15, 0.2) is 0 Å². The molecule has 2 N–H and O–H groups in total. The lowest BCUT2D eigenvalue weighted by atomic mass is 9.74. The minimum Gasteiger partial charge on any atom is -0.455 e. The third-order valence-corrected chi connectivity index (χ3v) is 10.7. The number of allylic oxidation sites excluding steroid dienone is 1. The topological polar surface area (TPSA) is 135 Å². The number of rotatable bonds is 6. The molecule has 2 aromatic carbocycles. The van der Waals surface area contributed by atoms with Crippen LogP contribution in [-0.2, 0) is 33.4 Å². The molecule has 6 rings (SSSR count). The van der Waals surface area contributed by atoms with Crippen molar-refractivity contribution < 1.29 is 38.5 Å². The number of hydrogen-bond acceptors (Lipinski definition) is 8. The summed E-state index contributed by atoms with van der Waals surface area (Å²) in [6, 6.07) is 15.3. The van der Waals surface area contributed by atoms with Crippen LogP contribution in [0.3, 0.4) is 0 Å². The molecule has 12 heteroatoms. The number of aliphatic hydroxyl groups is 1. The standard InChI is InChI=1S/C38H44BrN3O8/c1-37(2,3)41-19-13-7-12-18-28(44)40-26(22-48-4)31(24-16-10-6-11-17-24)49-36(47)29-30-34(45)42(27(21-43)23-14-8-5-9-15-23)33(35(41)46)38(30)20-25(39)32(29)50-38/h5-11,13-17,20,26-27,29-33,43H,12,18-19,21-22H2,1-4H3,(H,40,44)/b13-7-/t26-,27-,29+,30-,31-,32+,33+,38-/m1/s1. The normalized spacial score (nSPS) is 31.6. The van der Waals surface area contributed by atoms with Gasteiger partial charge in [-0.15, -0.1) is 0 Å². The van der Waals surface area contributed by atoms with Crippen molar-refractivity contribution in [3.63, 3.8) is 0 Å². The van der Waals surface area contributed by atoms with E-state index in [2.05, 4.69) is 21.2 Å². The van der Waals surface area contributed by atoms with Gasteiger partial charge in [0, 0.05) is 30.1 Å². The van der Waals surface area contributed by atoms with Gasteiger partial charge in [0.1, 0.15) is 29.8 Å². The van der Waals surface area contributed by atoms with Gasteiger partial charge in [-0.3, -0.25) is 19.2 Å². The van der Waals surface area contributed by atoms with Gasteiger partial charge >= 0.3 is 5.97 Å². The van der Waals surface area contributed by atoms with Crippen LogP contribution in [-0.4, -0.2) is 94.8 Å². The molecule has 0 aliphatic carbocycles. The number of cyclic esters (lactones) is 1. The lowest BCUT2D eigenvalue weighted by molar-refractivity contribution is -0.163. The highest BCUT2D eigenvalue weighted by molar-refractivity contribution is 9.11. The van der Waals surface area contributed by atoms with E-state index in [9.17, 15) is 19.5 Å². The number of fused-ring (bicyclic) bond motifs is 2. The average molecular weight is 751 g/mol. The Morgan fingerprint density at radius 2 is 1.68 bits per heavy atom. The van der Waals surface area contributed by atoms with Crippen LogP contribution in [0.4, 0.5) is 0 Å². The summed E-state index contributed by atoms with van der Waals surface area (Å²) in [6.07, 6.45) is 4.15. The van der Waals surface area contributed by atoms with E-state index in [1.807, 2.05) is 69.3 Å². The monoisotopic (exact) mass is 749 g/mol. The van der Waals surface area contributed by atoms with Crippen LogP contribution in [0.2, 0.25) is 0 Å². The van der Waals surface area contributed by atoms with Crippen molar-refractivity contribution in [2.45, 2.75) is 75.1 Å². The number of benzene rings is 2. The van der Waals surface area contributed by atoms with Crippen LogP contribution in [0.25, 0.3) is 0 Å². The van der Waals surface area contributed by atoms with Gasteiger partial charge in [-0.2, -0.15) is 0 Å². The number of carbonyl (C=O) groups excluding carboxylic acids is 4. The third kappa shape index (κ3) is 6.42. The van der Waals surface area contributed by atoms with E-state index in [-0.39, 0.29) is 31.4 Å². The zero-order chi connectivity index (χ0) is 35.8. The first-order valence-corrected chi connectivity index (χ1v) is 17.8. The number of likely N-dealkylation sites (tertiary alicyclic amines) is 1. The average Bonchev–Trinajstić information content (AvgIpc) is 3.68. The highest BCUT2D eigenvalue weighted by Crippen LogP contribution is 2.60. The summed E-state index contributed by atoms with van der Waals surface area (Å²) < 4.78 is 19.0. The van der Waals surface area contributed by atoms with Crippen molar-refractivity contribution in [2.24, 2.45) is 11.8 Å². The lowest BCUT2D eigenvalue weighted by Crippen LogP contribution is -2.60. The molecule has 5 bridgehead atoms. The predicted molar refractivity (Wildman–Crippen MR) is 187 cm³/mol. The number of halogens is 1. The van der Waals surface area contributed by atoms with E-state index < -0.39 is 71.8 Å². The molecule has 2 saturated heterocycles. The summed E-state index contributed by atoms with van der Waals surface area (Å²) in [7, 11) is 1.50. The molecule has 4 aliphatic rings. The number of carbonyl (C=O) groups is 4. The Bertz CT molecular complexity index is 1660. The van der Waals surface area contributed by atoms with Crippen LogP contribution in [0.15, 0.2) is 83.4 Å². The SMILES string of the molecule is COC[C@H]1NC(=O)CC/C=C\CN(C(C)(C)C)C(=O)[C@@H]2N([C@H](CO)c3ccccc3)C(=O)[C@H]3[C@H](C(=O)O[C@@H]1c1ccccc1)[C@H]1O[C@@]23C=C1Br. The molecular weight excluding hydrogens is 706 g/mol. The van der Waals surface area contributed by atoms with E-state index in [0.29, 0.717) is 22.0 Å². The van der Waals surface area contributed by atoms with Crippen LogP contribution in [0, 0.1) is 11.8 Å². The number of nitrogens with zero attached hydrogens (tertiary/aromatic N) is 2. The molecule has 0 aromatic heterocycles. The van der Waals surface area contributed by atoms with E-state index in [4.69, 9.17) is 14.2 Å². The molecule has 0 saturated carbocycles. The molecule has 1 spiro atoms. The molecule has 2 aromatic rings. The molecule has 266 valence electrons. The van der Waals surface area contributed by atoms with E-state index in [1.54, 1.807) is 35.2 Å². The van der Waals surface area contributed by atoms with Crippen LogP contribution in [0.5, 0.6) is 0 Å². The number of methoxy groups -OCH3 is 1. The zero-order valence-corrected chi connectivity index (χ0v) is 30.2. The summed E-state index contributed by atoms with van der Waals surface area (Å²) in [5.74, 6) is -4.11. The molecule has 0 unspecified atom stereocenters. The Morgan fingerprint density at radius 1 is 1.00 bits per heavy atom. The second-order valence-electron chi connectivity index (χ2n) is 14.2. The fourth-order valence-electron chi connectivity index (χ4n) is 7.82. The number of esters is 1. The number of aliphatic hydroxyl groups excluding tert-OH is 1. The van der Waals surface area contributed by atoms with Crippen molar-refractivity contribution in [1.29, 1.82) is 0 Å². The molecule has 4 heterocycles. The van der Waals surface area contributed by atoms with Gasteiger partial charge < -0.3 is 34.4 Å². The maximum Gasteiger partial charge on any atom is 0.313 e. The number of hydrogen-bond donors (Lipinski definition) is 2. The second-order valence-corrected chi connectivity index (χ2v) is 15.1. The Labute approximate surface area is 300 Å². The number of ether oxygens (including phenoxy) is 3. The Hall–Kier alpha value is -3.84. The van der Waals surface area contributed by atoms with Gasteiger partial charge in [0.05, 0.1) is 31.2 Å². The predicted octanol–water partition coefficient (Wildman–Crippen LogP) is 3.99. The number of amides is 3. The second kappa shape index (κ2) is 14.4. The van der Waals surface area contributed by atoms with E-state index in [1.165, 1.54) is 12.0 Å². The number of nitrogens with one attached hydrogen (secondary N) is 1. The maximum absolute atomic E-state index is 15.1. The maximum atomic E-state index is 15.1. The highest BCUT2D eigenvalue weighted by Gasteiger charge is 2.76. The van der Waals surface area contributed by atoms with Gasteiger partial charge in [-0.25, -0.2) is 0 Å². The van der Waals surface area contributed by atoms with Crippen LogP contribution < -0.4 is 5.32 Å². The highest BCUT2D eigenvalue weighted by atomic mass is 79.9. The molecule has 3 amide bonds. The molecular formula is C38H44BrN3O8. The van der Waals surface area contributed by atoms with Gasteiger partial charge in [0.2, 0.25) is 17.7 Å². The molecule has 50 heavy (non-hydrogen) atoms. The smallest absolute Gasteiger partial charge is 0.313 e. The molecule has 2 fully saturated rings. The summed E-state index contributed by atoms with van der Waals surface area (Å²) in [6.45, 7) is 5.50. The van der Waals surface area contributed by atoms with Crippen molar-refractivity contribution >= 4 is 39.6 Å². The Balaban J connectivity index is 1.52. The fourth-order valence-corrected chi connectivity index (χ4v) is 8.55. The van der Waals surface area contributed by atoms with Crippen molar-refractivity contribution in [2.75, 3.05) is 26.9 Å². The molecule has 8 atom stereocenters. The summed E-state index contributed by atoms with van der Waals surface area (Å²) in [5, 5.41) is 13.9. The van der Waals surface area contributed by atoms with E-state index >= 15 is 4.79 Å². The first-order valence-electron chi connectivity index (χ1n) is 17.0. The molecule has 0 radical (unpaired) electrons. The van der Waals surface area contributed by atoms with Gasteiger partial charge in [0.25, 0.3) is 0 Å². The minimum absolute atomic E-state index is 0.0507. The van der Waals surface area contributed by atoms with Gasteiger partial charge in [-0.05, 0) is 44.4 Å². The first kappa shape index (κ1) is 36.0. The zero-order valence-electron chi connectivity index (χ0n) is 28.7. The summed E-state index contributed by atoms with van der Waals surface area (Å²) in [4.78, 5) is 60.9. The van der Waals surface area contributed by atoms with Gasteiger partial charge in [-0.1, -0.05) is 88.7 Å². The fraction of sp³-hybridized carbons (Fsp3) is 0.474. The minimum atomic E-state index is -1.53. The van der Waals surface area contributed by atoms with Crippen molar-refractivity contribution in [3.05, 3.63) is 94.5 Å². The van der Waals surface area contributed by atoms with Crippen molar-refractivity contribution in [3.8, 4) is 0 Å². The lowest BCUT2D eigenvalue weighted by Gasteiger charge is -2.43. The summed E-state index contributed by atoms with van der Waals surface area (Å²) >= 11 is 3.61. The van der Waals surface area contributed by atoms with Crippen LogP contribution >= 0.6 is 15.9 Å². The van der Waals surface area contributed by atoms with E-state index in [0.717, 1.165) is 0 Å². The Morgan fingerprint density at radius 3 is 2.32 bits per heavy atom. The summed E-state index contributed by atoms with van der Waals surface area (Å²) in [5.41, 5.74) is -0.959. The van der Waals surface area contributed by atoms with Crippen LogP contribution in [0.1, 0.15) is 56.9 Å². The molecule has 4 aliphatic heterocycles. The molecule has 11 nitrogen and oxygen atoms in total. The Kier molecular flexibility index (Phi) is 10.4. The largest absolute Gasteiger partial charge is 0.455 e. The third-order valence-electron chi connectivity index (χ3n) is 10.1. The van der Waals surface area contributed by atoms with Crippen molar-refractivity contribution in [1.82, 2.24) is 15.1 Å². The quantitative estimate of drug-likeness (QED) is 0.335.